The number of nitrogens with one attached hydrogen (secondary N) is 2. The van der Waals surface area contributed by atoms with Gasteiger partial charge in [0.05, 0.1) is 0 Å². The third-order valence-corrected chi connectivity index (χ3v) is 4.44. The summed E-state index contributed by atoms with van der Waals surface area (Å²) in [6.07, 6.45) is 0. The lowest BCUT2D eigenvalue weighted by atomic mass is 10.0. The molecule has 0 unspecified atom stereocenters. The van der Waals surface area contributed by atoms with Crippen molar-refractivity contribution < 1.29 is 0 Å². The Morgan fingerprint density at radius 1 is 0.923 bits per heavy atom. The summed E-state index contributed by atoms with van der Waals surface area (Å²) in [5.74, 6) is 0.599. The molecule has 26 heavy (non-hydrogen) atoms. The van der Waals surface area contributed by atoms with E-state index in [1.807, 2.05) is 24.3 Å². The molecular formula is C20H20N6. The summed E-state index contributed by atoms with van der Waals surface area (Å²) in [5, 5.41) is 20.1. The van der Waals surface area contributed by atoms with Crippen molar-refractivity contribution in [2.75, 3.05) is 24.3 Å². The van der Waals surface area contributed by atoms with Gasteiger partial charge in [-0.15, -0.1) is 10.2 Å². The minimum absolute atomic E-state index is 0.599. The summed E-state index contributed by atoms with van der Waals surface area (Å²) in [5.41, 5.74) is 4.49. The van der Waals surface area contributed by atoms with E-state index >= 15 is 0 Å². The van der Waals surface area contributed by atoms with Crippen LogP contribution in [0.15, 0.2) is 60.7 Å². The molecule has 0 saturated heterocycles. The van der Waals surface area contributed by atoms with Crippen LogP contribution in [0.1, 0.15) is 5.56 Å². The molecule has 6 heteroatoms. The summed E-state index contributed by atoms with van der Waals surface area (Å²) in [7, 11) is 4.15. The SMILES string of the molecule is CN(C)c1ccc(CNc2ccc(-c3nn[nH]n3)cc2)c2ccccc12. The summed E-state index contributed by atoms with van der Waals surface area (Å²) in [4.78, 5) is 2.15. The van der Waals surface area contributed by atoms with E-state index < -0.39 is 0 Å². The normalized spacial score (nSPS) is 10.8. The van der Waals surface area contributed by atoms with E-state index in [1.165, 1.54) is 22.0 Å². The zero-order valence-corrected chi connectivity index (χ0v) is 14.8. The Morgan fingerprint density at radius 2 is 1.69 bits per heavy atom. The first-order valence-corrected chi connectivity index (χ1v) is 8.48. The predicted molar refractivity (Wildman–Crippen MR) is 105 cm³/mol. The van der Waals surface area contributed by atoms with Crippen molar-refractivity contribution in [2.24, 2.45) is 0 Å². The van der Waals surface area contributed by atoms with E-state index in [-0.39, 0.29) is 0 Å². The molecule has 0 amide bonds. The Hall–Kier alpha value is -3.41. The molecule has 0 fully saturated rings. The first-order valence-electron chi connectivity index (χ1n) is 8.48. The molecular weight excluding hydrogens is 324 g/mol. The summed E-state index contributed by atoms with van der Waals surface area (Å²) >= 11 is 0. The molecule has 0 atom stereocenters. The number of hydrogen-bond acceptors (Lipinski definition) is 5. The van der Waals surface area contributed by atoms with Crippen LogP contribution >= 0.6 is 0 Å². The molecule has 6 nitrogen and oxygen atoms in total. The molecule has 0 radical (unpaired) electrons. The highest BCUT2D eigenvalue weighted by atomic mass is 15.5. The monoisotopic (exact) mass is 344 g/mol. The first kappa shape index (κ1) is 16.1. The van der Waals surface area contributed by atoms with Gasteiger partial charge in [-0.3, -0.25) is 0 Å². The Kier molecular flexibility index (Phi) is 4.23. The molecule has 0 spiro atoms. The maximum Gasteiger partial charge on any atom is 0.204 e. The summed E-state index contributed by atoms with van der Waals surface area (Å²) in [6.45, 7) is 0.760. The number of tetrazole rings is 1. The smallest absolute Gasteiger partial charge is 0.204 e. The van der Waals surface area contributed by atoms with Gasteiger partial charge in [-0.1, -0.05) is 30.3 Å². The Balaban J connectivity index is 1.56. The summed E-state index contributed by atoms with van der Waals surface area (Å²) < 4.78 is 0. The van der Waals surface area contributed by atoms with Crippen molar-refractivity contribution in [1.82, 2.24) is 20.6 Å². The number of benzene rings is 3. The Labute approximate surface area is 151 Å². The molecule has 1 aromatic heterocycles. The van der Waals surface area contributed by atoms with Gasteiger partial charge in [0.25, 0.3) is 0 Å². The van der Waals surface area contributed by atoms with Crippen LogP contribution in [0.3, 0.4) is 0 Å². The maximum atomic E-state index is 3.99. The van der Waals surface area contributed by atoms with E-state index in [2.05, 4.69) is 81.3 Å². The molecule has 0 aliphatic carbocycles. The molecule has 3 aromatic carbocycles. The minimum atomic E-state index is 0.599. The van der Waals surface area contributed by atoms with Crippen molar-refractivity contribution in [3.8, 4) is 11.4 Å². The zero-order chi connectivity index (χ0) is 17.9. The highest BCUT2D eigenvalue weighted by molar-refractivity contribution is 5.96. The predicted octanol–water partition coefficient (Wildman–Crippen LogP) is 3.70. The number of fused-ring (bicyclic) bond motifs is 1. The number of anilines is 2. The van der Waals surface area contributed by atoms with Crippen LogP contribution in [-0.4, -0.2) is 34.7 Å². The third-order valence-electron chi connectivity index (χ3n) is 4.44. The van der Waals surface area contributed by atoms with Gasteiger partial charge < -0.3 is 10.2 Å². The Bertz CT molecular complexity index is 1010. The molecule has 0 aliphatic heterocycles. The van der Waals surface area contributed by atoms with Crippen LogP contribution in [0.5, 0.6) is 0 Å². The standard InChI is InChI=1S/C20H20N6/c1-26(2)19-12-9-15(17-5-3-4-6-18(17)19)13-21-16-10-7-14(8-11-16)20-22-24-25-23-20/h3-12,21H,13H2,1-2H3,(H,22,23,24,25). The molecule has 0 aliphatic rings. The van der Waals surface area contributed by atoms with Crippen molar-refractivity contribution in [1.29, 1.82) is 0 Å². The number of aromatic nitrogens is 4. The second kappa shape index (κ2) is 6.84. The summed E-state index contributed by atoms with van der Waals surface area (Å²) in [6, 6.07) is 20.9. The van der Waals surface area contributed by atoms with Gasteiger partial charge in [0.15, 0.2) is 0 Å². The maximum absolute atomic E-state index is 3.99. The quantitative estimate of drug-likeness (QED) is 0.578. The average Bonchev–Trinajstić information content (AvgIpc) is 3.21. The third kappa shape index (κ3) is 3.09. The van der Waals surface area contributed by atoms with Crippen molar-refractivity contribution in [3.63, 3.8) is 0 Å². The fourth-order valence-corrected chi connectivity index (χ4v) is 3.11. The van der Waals surface area contributed by atoms with Crippen molar-refractivity contribution >= 4 is 22.1 Å². The largest absolute Gasteiger partial charge is 0.381 e. The topological polar surface area (TPSA) is 69.7 Å². The fourth-order valence-electron chi connectivity index (χ4n) is 3.11. The van der Waals surface area contributed by atoms with Crippen LogP contribution in [0.2, 0.25) is 0 Å². The highest BCUT2D eigenvalue weighted by Gasteiger charge is 2.07. The Morgan fingerprint density at radius 3 is 2.38 bits per heavy atom. The average molecular weight is 344 g/mol. The van der Waals surface area contributed by atoms with E-state index in [9.17, 15) is 0 Å². The zero-order valence-electron chi connectivity index (χ0n) is 14.8. The van der Waals surface area contributed by atoms with Crippen molar-refractivity contribution in [3.05, 3.63) is 66.2 Å². The molecule has 0 saturated carbocycles. The van der Waals surface area contributed by atoms with Gasteiger partial charge in [-0.25, -0.2) is 0 Å². The highest BCUT2D eigenvalue weighted by Crippen LogP contribution is 2.29. The van der Waals surface area contributed by atoms with Crippen LogP contribution in [0.25, 0.3) is 22.2 Å². The second-order valence-electron chi connectivity index (χ2n) is 6.35. The lowest BCUT2D eigenvalue weighted by Gasteiger charge is -2.18. The molecule has 4 aromatic rings. The minimum Gasteiger partial charge on any atom is -0.381 e. The van der Waals surface area contributed by atoms with Crippen LogP contribution in [0, 0.1) is 0 Å². The molecule has 1 heterocycles. The molecule has 130 valence electrons. The number of aromatic amines is 1. The fraction of sp³-hybridized carbons (Fsp3) is 0.150. The number of nitrogens with zero attached hydrogens (tertiary/aromatic N) is 4. The van der Waals surface area contributed by atoms with Gasteiger partial charge in [0.1, 0.15) is 0 Å². The number of H-pyrrole nitrogens is 1. The van der Waals surface area contributed by atoms with E-state index in [1.54, 1.807) is 0 Å². The van der Waals surface area contributed by atoms with Gasteiger partial charge in [-0.2, -0.15) is 5.21 Å². The van der Waals surface area contributed by atoms with Gasteiger partial charge in [0.2, 0.25) is 5.82 Å². The van der Waals surface area contributed by atoms with Crippen LogP contribution in [0.4, 0.5) is 11.4 Å². The molecule has 2 N–H and O–H groups in total. The lowest BCUT2D eigenvalue weighted by Crippen LogP contribution is -2.10. The van der Waals surface area contributed by atoms with E-state index in [0.717, 1.165) is 17.8 Å². The first-order chi connectivity index (χ1) is 12.7. The second-order valence-corrected chi connectivity index (χ2v) is 6.35. The molecule has 4 rings (SSSR count). The number of rotatable bonds is 5. The van der Waals surface area contributed by atoms with Gasteiger partial charge >= 0.3 is 0 Å². The lowest BCUT2D eigenvalue weighted by molar-refractivity contribution is 0.881. The van der Waals surface area contributed by atoms with Crippen LogP contribution < -0.4 is 10.2 Å². The van der Waals surface area contributed by atoms with E-state index in [4.69, 9.17) is 0 Å². The molecule has 0 bridgehead atoms. The number of hydrogen-bond donors (Lipinski definition) is 2. The van der Waals surface area contributed by atoms with Crippen molar-refractivity contribution in [2.45, 2.75) is 6.54 Å². The van der Waals surface area contributed by atoms with Gasteiger partial charge in [0, 0.05) is 43.0 Å². The van der Waals surface area contributed by atoms with Gasteiger partial charge in [-0.05, 0) is 46.5 Å². The van der Waals surface area contributed by atoms with E-state index in [0.29, 0.717) is 5.82 Å². The van der Waals surface area contributed by atoms with Crippen LogP contribution in [-0.2, 0) is 6.54 Å².